The second-order valence-corrected chi connectivity index (χ2v) is 12.4. The first-order valence-electron chi connectivity index (χ1n) is 17.8. The molecule has 9 nitrogen and oxygen atoms in total. The zero-order valence-corrected chi connectivity index (χ0v) is 28.5. The van der Waals surface area contributed by atoms with Crippen LogP contribution < -0.4 is 15.9 Å². The van der Waals surface area contributed by atoms with Crippen LogP contribution in [0.15, 0.2) is 24.3 Å². The maximum Gasteiger partial charge on any atom is 0.234 e. The molecule has 45 heavy (non-hydrogen) atoms. The molecular formula is C36H60N6O3. The van der Waals surface area contributed by atoms with Crippen molar-refractivity contribution in [1.82, 2.24) is 24.9 Å². The van der Waals surface area contributed by atoms with Crippen molar-refractivity contribution in [1.29, 1.82) is 0 Å². The summed E-state index contributed by atoms with van der Waals surface area (Å²) >= 11 is 0. The Labute approximate surface area is 271 Å². The van der Waals surface area contributed by atoms with Crippen molar-refractivity contribution in [3.05, 3.63) is 30.1 Å². The third kappa shape index (κ3) is 13.2. The van der Waals surface area contributed by atoms with Crippen LogP contribution in [0.3, 0.4) is 0 Å². The molecule has 0 aliphatic heterocycles. The van der Waals surface area contributed by atoms with Gasteiger partial charge in [-0.15, -0.1) is 0 Å². The second kappa shape index (κ2) is 21.8. The van der Waals surface area contributed by atoms with E-state index >= 15 is 0 Å². The molecule has 0 atom stereocenters. The van der Waals surface area contributed by atoms with Crippen LogP contribution in [0.2, 0.25) is 0 Å². The molecule has 0 fully saturated rings. The molecule has 0 aliphatic carbocycles. The predicted molar refractivity (Wildman–Crippen MR) is 187 cm³/mol. The van der Waals surface area contributed by atoms with Gasteiger partial charge in [0.15, 0.2) is 5.82 Å². The molecule has 0 unspecified atom stereocenters. The van der Waals surface area contributed by atoms with Crippen LogP contribution >= 0.6 is 0 Å². The highest BCUT2D eigenvalue weighted by Gasteiger charge is 2.18. The average molecular weight is 625 g/mol. The Bertz CT molecular complexity index is 1250. The number of pyridine rings is 1. The first-order chi connectivity index (χ1) is 22.0. The zero-order valence-electron chi connectivity index (χ0n) is 28.5. The van der Waals surface area contributed by atoms with Crippen molar-refractivity contribution in [3.63, 3.8) is 0 Å². The van der Waals surface area contributed by atoms with Crippen molar-refractivity contribution in [2.24, 2.45) is 0 Å². The number of amides is 1. The van der Waals surface area contributed by atoms with Gasteiger partial charge in [-0.05, 0) is 32.5 Å². The summed E-state index contributed by atoms with van der Waals surface area (Å²) in [6.07, 6.45) is 20.4. The Morgan fingerprint density at radius 1 is 0.844 bits per heavy atom. The fourth-order valence-electron chi connectivity index (χ4n) is 5.79. The lowest BCUT2D eigenvalue weighted by Crippen LogP contribution is -2.37. The van der Waals surface area contributed by atoms with Crippen molar-refractivity contribution >= 4 is 33.7 Å². The SMILES string of the molecule is CCCCCCCCCCCCCCCN(C)CC(=O)NCCOCCOn1c(CCCC)nc2c(N)nc3ccccc3c21. The molecule has 3 N–H and O–H groups in total. The third-order valence-corrected chi connectivity index (χ3v) is 8.37. The maximum atomic E-state index is 12.4. The van der Waals surface area contributed by atoms with Crippen molar-refractivity contribution in [3.8, 4) is 0 Å². The number of rotatable bonds is 26. The van der Waals surface area contributed by atoms with Gasteiger partial charge in [-0.1, -0.05) is 116 Å². The van der Waals surface area contributed by atoms with Crippen LogP contribution in [0.25, 0.3) is 21.9 Å². The van der Waals surface area contributed by atoms with E-state index < -0.39 is 0 Å². The normalized spacial score (nSPS) is 11.6. The van der Waals surface area contributed by atoms with Gasteiger partial charge in [-0.2, -0.15) is 4.73 Å². The number of nitrogen functional groups attached to an aromatic ring is 1. The van der Waals surface area contributed by atoms with E-state index in [-0.39, 0.29) is 5.91 Å². The highest BCUT2D eigenvalue weighted by atomic mass is 16.7. The van der Waals surface area contributed by atoms with Crippen LogP contribution in [-0.2, 0) is 16.0 Å². The molecule has 1 amide bonds. The van der Waals surface area contributed by atoms with E-state index in [9.17, 15) is 4.79 Å². The minimum Gasteiger partial charge on any atom is -0.410 e. The average Bonchev–Trinajstić information content (AvgIpc) is 3.40. The van der Waals surface area contributed by atoms with Gasteiger partial charge in [0.1, 0.15) is 23.5 Å². The largest absolute Gasteiger partial charge is 0.410 e. The molecule has 9 heteroatoms. The molecule has 3 aromatic rings. The van der Waals surface area contributed by atoms with E-state index in [0.29, 0.717) is 44.2 Å². The molecule has 1 aromatic carbocycles. The van der Waals surface area contributed by atoms with E-state index in [1.165, 1.54) is 77.0 Å². The fraction of sp³-hybridized carbons (Fsp3) is 0.694. The Hall–Kier alpha value is -2.91. The van der Waals surface area contributed by atoms with E-state index in [4.69, 9.17) is 20.3 Å². The van der Waals surface area contributed by atoms with Crippen LogP contribution in [0.1, 0.15) is 116 Å². The van der Waals surface area contributed by atoms with Gasteiger partial charge in [0.05, 0.1) is 25.3 Å². The minimum absolute atomic E-state index is 0.0376. The summed E-state index contributed by atoms with van der Waals surface area (Å²) in [7, 11) is 2.02. The first-order valence-corrected chi connectivity index (χ1v) is 17.8. The number of unbranched alkanes of at least 4 members (excludes halogenated alkanes) is 13. The highest BCUT2D eigenvalue weighted by Crippen LogP contribution is 2.28. The Morgan fingerprint density at radius 2 is 1.49 bits per heavy atom. The van der Waals surface area contributed by atoms with Gasteiger partial charge >= 0.3 is 0 Å². The summed E-state index contributed by atoms with van der Waals surface area (Å²) < 4.78 is 7.57. The van der Waals surface area contributed by atoms with Gasteiger partial charge < -0.3 is 20.6 Å². The molecule has 2 heterocycles. The van der Waals surface area contributed by atoms with Crippen molar-refractivity contribution in [2.75, 3.05) is 52.2 Å². The lowest BCUT2D eigenvalue weighted by Gasteiger charge is -2.16. The molecule has 0 bridgehead atoms. The standard InChI is InChI=1S/C36H60N6O3/c1-4-6-8-9-10-11-12-13-14-15-16-17-20-25-41(3)29-33(43)38-24-26-44-27-28-45-42-32(23-7-5-2)40-34-35(42)30-21-18-19-22-31(30)39-36(34)37/h18-19,21-22H,4-17,20,23-29H2,1-3H3,(H2,37,39)(H,38,43). The zero-order chi connectivity index (χ0) is 32.1. The van der Waals surface area contributed by atoms with Gasteiger partial charge in [-0.25, -0.2) is 9.97 Å². The number of hydrogen-bond acceptors (Lipinski definition) is 7. The number of aryl methyl sites for hydroxylation is 1. The first kappa shape index (κ1) is 36.6. The van der Waals surface area contributed by atoms with Gasteiger partial charge in [0, 0.05) is 18.4 Å². The number of ether oxygens (including phenoxy) is 1. The second-order valence-electron chi connectivity index (χ2n) is 12.4. The number of hydrogen-bond donors (Lipinski definition) is 2. The molecule has 0 radical (unpaired) electrons. The van der Waals surface area contributed by atoms with Gasteiger partial charge in [0.25, 0.3) is 0 Å². The van der Waals surface area contributed by atoms with Crippen molar-refractivity contribution in [2.45, 2.75) is 117 Å². The Kier molecular flexibility index (Phi) is 17.7. The van der Waals surface area contributed by atoms with E-state index in [1.807, 2.05) is 36.0 Å². The topological polar surface area (TPSA) is 108 Å². The summed E-state index contributed by atoms with van der Waals surface area (Å²) in [6.45, 7) is 7.49. The van der Waals surface area contributed by atoms with Gasteiger partial charge in [0.2, 0.25) is 5.91 Å². The predicted octanol–water partition coefficient (Wildman–Crippen LogP) is 7.09. The number of anilines is 1. The molecule has 3 rings (SSSR count). The number of benzene rings is 1. The molecule has 0 saturated carbocycles. The number of nitrogens with two attached hydrogens (primary N) is 1. The minimum atomic E-state index is 0.0376. The Balaban J connectivity index is 1.24. The lowest BCUT2D eigenvalue weighted by atomic mass is 10.0. The van der Waals surface area contributed by atoms with E-state index in [1.54, 1.807) is 0 Å². The summed E-state index contributed by atoms with van der Waals surface area (Å²) in [5.74, 6) is 1.29. The van der Waals surface area contributed by atoms with Crippen LogP contribution in [0.5, 0.6) is 0 Å². The molecule has 0 aliphatic rings. The summed E-state index contributed by atoms with van der Waals surface area (Å²) in [4.78, 5) is 30.0. The quantitative estimate of drug-likeness (QED) is 0.0918. The molecule has 0 spiro atoms. The highest BCUT2D eigenvalue weighted by molar-refractivity contribution is 6.06. The molecule has 0 saturated heterocycles. The number of fused-ring (bicyclic) bond motifs is 3. The smallest absolute Gasteiger partial charge is 0.234 e. The lowest BCUT2D eigenvalue weighted by molar-refractivity contribution is -0.122. The van der Waals surface area contributed by atoms with Crippen LogP contribution in [0.4, 0.5) is 5.82 Å². The number of nitrogens with zero attached hydrogens (tertiary/aromatic N) is 4. The summed E-state index contributed by atoms with van der Waals surface area (Å²) in [5, 5.41) is 3.93. The van der Waals surface area contributed by atoms with Crippen molar-refractivity contribution < 1.29 is 14.4 Å². The molecule has 252 valence electrons. The Morgan fingerprint density at radius 3 is 2.18 bits per heavy atom. The number of para-hydroxylation sites is 1. The number of likely N-dealkylation sites (N-methyl/N-ethyl adjacent to an activating group) is 1. The number of carbonyl (C=O) groups is 1. The monoisotopic (exact) mass is 624 g/mol. The molecule has 2 aromatic heterocycles. The number of nitrogens with one attached hydrogen (secondary N) is 1. The van der Waals surface area contributed by atoms with E-state index in [2.05, 4.69) is 29.0 Å². The fourth-order valence-corrected chi connectivity index (χ4v) is 5.79. The number of imidazole rings is 1. The van der Waals surface area contributed by atoms with E-state index in [0.717, 1.165) is 54.5 Å². The summed E-state index contributed by atoms with van der Waals surface area (Å²) in [6, 6.07) is 7.90. The van der Waals surface area contributed by atoms with Gasteiger partial charge in [-0.3, -0.25) is 9.69 Å². The summed E-state index contributed by atoms with van der Waals surface area (Å²) in [5.41, 5.74) is 8.60. The number of carbonyl (C=O) groups excluding carboxylic acids is 1. The molecular weight excluding hydrogens is 564 g/mol. The number of aromatic nitrogens is 3. The van der Waals surface area contributed by atoms with Crippen LogP contribution in [0, 0.1) is 0 Å². The third-order valence-electron chi connectivity index (χ3n) is 8.37. The van der Waals surface area contributed by atoms with Crippen LogP contribution in [-0.4, -0.2) is 72.0 Å². The maximum absolute atomic E-state index is 12.4.